The van der Waals surface area contributed by atoms with Gasteiger partial charge in [-0.15, -0.1) is 0 Å². The second kappa shape index (κ2) is 4.83. The molecule has 4 nitrogen and oxygen atoms in total. The highest BCUT2D eigenvalue weighted by Crippen LogP contribution is 2.28. The van der Waals surface area contributed by atoms with Crippen LogP contribution in [0.2, 0.25) is 0 Å². The third-order valence-electron chi connectivity index (χ3n) is 2.52. The molecular weight excluding hydrogens is 237 g/mol. The standard InChI is InChI=1S/C13H10FNO3/c1-18-8-2-3-9(12(14)6-8)11-7-15-5-4-10(11)13(16)17/h2-7H,1H3,(H,16,17). The minimum Gasteiger partial charge on any atom is -0.497 e. The number of aromatic carboxylic acids is 1. The van der Waals surface area contributed by atoms with Crippen molar-refractivity contribution in [2.45, 2.75) is 0 Å². The van der Waals surface area contributed by atoms with Crippen LogP contribution >= 0.6 is 0 Å². The molecule has 0 saturated carbocycles. The number of carboxylic acid groups (broad SMARTS) is 1. The number of pyridine rings is 1. The molecule has 2 aromatic rings. The zero-order valence-electron chi connectivity index (χ0n) is 9.55. The largest absolute Gasteiger partial charge is 0.497 e. The maximum Gasteiger partial charge on any atom is 0.336 e. The number of nitrogens with zero attached hydrogens (tertiary/aromatic N) is 1. The quantitative estimate of drug-likeness (QED) is 0.905. The minimum atomic E-state index is -1.12. The van der Waals surface area contributed by atoms with Gasteiger partial charge in [-0.3, -0.25) is 4.98 Å². The Hall–Kier alpha value is -2.43. The van der Waals surface area contributed by atoms with Gasteiger partial charge >= 0.3 is 5.97 Å². The topological polar surface area (TPSA) is 59.4 Å². The van der Waals surface area contributed by atoms with Crippen LogP contribution < -0.4 is 4.74 Å². The van der Waals surface area contributed by atoms with Gasteiger partial charge in [0.2, 0.25) is 0 Å². The summed E-state index contributed by atoms with van der Waals surface area (Å²) in [6.45, 7) is 0. The molecule has 0 radical (unpaired) electrons. The Kier molecular flexibility index (Phi) is 3.23. The fourth-order valence-corrected chi connectivity index (χ4v) is 1.64. The van der Waals surface area contributed by atoms with Crippen LogP contribution in [0, 0.1) is 5.82 Å². The smallest absolute Gasteiger partial charge is 0.336 e. The van der Waals surface area contributed by atoms with Crippen molar-refractivity contribution >= 4 is 5.97 Å². The molecule has 0 bridgehead atoms. The fraction of sp³-hybridized carbons (Fsp3) is 0.0769. The Morgan fingerprint density at radius 1 is 1.33 bits per heavy atom. The van der Waals surface area contributed by atoms with Crippen molar-refractivity contribution in [2.24, 2.45) is 0 Å². The van der Waals surface area contributed by atoms with Crippen molar-refractivity contribution in [1.82, 2.24) is 4.98 Å². The summed E-state index contributed by atoms with van der Waals surface area (Å²) in [7, 11) is 1.43. The van der Waals surface area contributed by atoms with E-state index in [0.717, 1.165) is 0 Å². The van der Waals surface area contributed by atoms with Crippen molar-refractivity contribution in [3.63, 3.8) is 0 Å². The molecule has 92 valence electrons. The van der Waals surface area contributed by atoms with E-state index >= 15 is 0 Å². The Morgan fingerprint density at radius 2 is 2.11 bits per heavy atom. The number of carboxylic acids is 1. The second-order valence-corrected chi connectivity index (χ2v) is 3.57. The normalized spacial score (nSPS) is 10.1. The van der Waals surface area contributed by atoms with Crippen LogP contribution in [-0.2, 0) is 0 Å². The summed E-state index contributed by atoms with van der Waals surface area (Å²) in [6, 6.07) is 5.57. The number of methoxy groups -OCH3 is 1. The third kappa shape index (κ3) is 2.15. The number of ether oxygens (including phenoxy) is 1. The number of hydrogen-bond donors (Lipinski definition) is 1. The van der Waals surface area contributed by atoms with Gasteiger partial charge in [-0.25, -0.2) is 9.18 Å². The summed E-state index contributed by atoms with van der Waals surface area (Å²) in [6.07, 6.45) is 2.68. The van der Waals surface area contributed by atoms with Crippen LogP contribution in [0.3, 0.4) is 0 Å². The molecule has 1 aromatic heterocycles. The predicted octanol–water partition coefficient (Wildman–Crippen LogP) is 2.59. The van der Waals surface area contributed by atoms with Gasteiger partial charge in [0.25, 0.3) is 0 Å². The highest BCUT2D eigenvalue weighted by atomic mass is 19.1. The summed E-state index contributed by atoms with van der Waals surface area (Å²) in [4.78, 5) is 14.9. The lowest BCUT2D eigenvalue weighted by Gasteiger charge is -2.08. The van der Waals surface area contributed by atoms with Crippen LogP contribution in [0.15, 0.2) is 36.7 Å². The van der Waals surface area contributed by atoms with E-state index in [1.54, 1.807) is 6.07 Å². The molecule has 2 rings (SSSR count). The lowest BCUT2D eigenvalue weighted by Crippen LogP contribution is -2.01. The first-order chi connectivity index (χ1) is 8.63. The fourth-order valence-electron chi connectivity index (χ4n) is 1.64. The number of rotatable bonds is 3. The number of benzene rings is 1. The van der Waals surface area contributed by atoms with Crippen LogP contribution in [0.4, 0.5) is 4.39 Å². The van der Waals surface area contributed by atoms with E-state index in [0.29, 0.717) is 5.75 Å². The number of carbonyl (C=O) groups is 1. The highest BCUT2D eigenvalue weighted by Gasteiger charge is 2.15. The van der Waals surface area contributed by atoms with E-state index in [9.17, 15) is 9.18 Å². The van der Waals surface area contributed by atoms with Crippen LogP contribution in [0.5, 0.6) is 5.75 Å². The molecule has 0 aliphatic rings. The highest BCUT2D eigenvalue weighted by molar-refractivity contribution is 5.95. The Bertz CT molecular complexity index is 599. The molecule has 0 aliphatic heterocycles. The van der Waals surface area contributed by atoms with Gasteiger partial charge in [0.05, 0.1) is 12.7 Å². The van der Waals surface area contributed by atoms with E-state index < -0.39 is 11.8 Å². The van der Waals surface area contributed by atoms with E-state index in [-0.39, 0.29) is 16.7 Å². The van der Waals surface area contributed by atoms with Crippen molar-refractivity contribution < 1.29 is 19.0 Å². The molecule has 1 N–H and O–H groups in total. The molecule has 1 heterocycles. The molecule has 0 unspecified atom stereocenters. The molecule has 0 aliphatic carbocycles. The summed E-state index contributed by atoms with van der Waals surface area (Å²) in [5.74, 6) is -1.30. The molecule has 0 atom stereocenters. The van der Waals surface area contributed by atoms with Gasteiger partial charge in [0.1, 0.15) is 11.6 Å². The Morgan fingerprint density at radius 3 is 2.72 bits per heavy atom. The van der Waals surface area contributed by atoms with Gasteiger partial charge in [-0.05, 0) is 18.2 Å². The first kappa shape index (κ1) is 12.0. The molecular formula is C13H10FNO3. The van der Waals surface area contributed by atoms with Gasteiger partial charge in [-0.1, -0.05) is 0 Å². The van der Waals surface area contributed by atoms with Gasteiger partial charge in [0.15, 0.2) is 0 Å². The second-order valence-electron chi connectivity index (χ2n) is 3.57. The average Bonchev–Trinajstić information content (AvgIpc) is 2.38. The van der Waals surface area contributed by atoms with Crippen molar-refractivity contribution in [1.29, 1.82) is 0 Å². The monoisotopic (exact) mass is 247 g/mol. The van der Waals surface area contributed by atoms with Gasteiger partial charge < -0.3 is 9.84 Å². The molecule has 0 saturated heterocycles. The third-order valence-corrected chi connectivity index (χ3v) is 2.52. The Balaban J connectivity index is 2.59. The number of aromatic nitrogens is 1. The first-order valence-electron chi connectivity index (χ1n) is 5.14. The SMILES string of the molecule is COc1ccc(-c2cnccc2C(=O)O)c(F)c1. The molecule has 18 heavy (non-hydrogen) atoms. The van der Waals surface area contributed by atoms with Crippen LogP contribution in [0.1, 0.15) is 10.4 Å². The molecule has 0 fully saturated rings. The molecule has 0 spiro atoms. The number of halogens is 1. The van der Waals surface area contributed by atoms with E-state index in [1.165, 1.54) is 37.7 Å². The first-order valence-corrected chi connectivity index (χ1v) is 5.14. The molecule has 5 heteroatoms. The lowest BCUT2D eigenvalue weighted by molar-refractivity contribution is 0.0697. The zero-order valence-corrected chi connectivity index (χ0v) is 9.55. The van der Waals surface area contributed by atoms with E-state index in [4.69, 9.17) is 9.84 Å². The lowest BCUT2D eigenvalue weighted by atomic mass is 10.0. The predicted molar refractivity (Wildman–Crippen MR) is 63.1 cm³/mol. The van der Waals surface area contributed by atoms with Crippen molar-refractivity contribution in [3.8, 4) is 16.9 Å². The average molecular weight is 247 g/mol. The maximum absolute atomic E-state index is 13.9. The minimum absolute atomic E-state index is 0.00840. The van der Waals surface area contributed by atoms with Crippen LogP contribution in [-0.4, -0.2) is 23.2 Å². The summed E-state index contributed by atoms with van der Waals surface area (Å²) in [5.41, 5.74) is 0.431. The van der Waals surface area contributed by atoms with Crippen molar-refractivity contribution in [3.05, 3.63) is 48.0 Å². The molecule has 0 amide bonds. The van der Waals surface area contributed by atoms with E-state index in [1.807, 2.05) is 0 Å². The summed E-state index contributed by atoms with van der Waals surface area (Å²) in [5, 5.41) is 9.04. The van der Waals surface area contributed by atoms with Crippen LogP contribution in [0.25, 0.3) is 11.1 Å². The summed E-state index contributed by atoms with van der Waals surface area (Å²) >= 11 is 0. The van der Waals surface area contributed by atoms with Gasteiger partial charge in [0, 0.05) is 29.6 Å². The van der Waals surface area contributed by atoms with E-state index in [2.05, 4.69) is 4.98 Å². The Labute approximate surface area is 103 Å². The number of hydrogen-bond acceptors (Lipinski definition) is 3. The molecule has 1 aromatic carbocycles. The zero-order chi connectivity index (χ0) is 13.1. The summed E-state index contributed by atoms with van der Waals surface area (Å²) < 4.78 is 18.8. The maximum atomic E-state index is 13.9. The van der Waals surface area contributed by atoms with Crippen molar-refractivity contribution in [2.75, 3.05) is 7.11 Å². The van der Waals surface area contributed by atoms with Gasteiger partial charge in [-0.2, -0.15) is 0 Å².